The van der Waals surface area contributed by atoms with Crippen molar-refractivity contribution >= 4 is 28.2 Å². The summed E-state index contributed by atoms with van der Waals surface area (Å²) < 4.78 is 22.6. The van der Waals surface area contributed by atoms with Gasteiger partial charge in [-0.15, -0.1) is 12.4 Å². The van der Waals surface area contributed by atoms with Gasteiger partial charge in [-0.1, -0.05) is 13.8 Å². The van der Waals surface area contributed by atoms with Crippen LogP contribution >= 0.6 is 12.4 Å². The first-order valence-corrected chi connectivity index (χ1v) is 8.94. The Labute approximate surface area is 128 Å². The monoisotopic (exact) mass is 326 g/mol. The van der Waals surface area contributed by atoms with Gasteiger partial charge in [0.1, 0.15) is 0 Å². The van der Waals surface area contributed by atoms with E-state index in [9.17, 15) is 13.2 Å². The molecule has 5 nitrogen and oxygen atoms in total. The van der Waals surface area contributed by atoms with E-state index in [4.69, 9.17) is 0 Å². The lowest BCUT2D eigenvalue weighted by Gasteiger charge is -2.28. The van der Waals surface area contributed by atoms with Crippen LogP contribution in [0.1, 0.15) is 33.1 Å². The Morgan fingerprint density at radius 1 is 1.45 bits per heavy atom. The second-order valence-electron chi connectivity index (χ2n) is 5.37. The van der Waals surface area contributed by atoms with Crippen molar-refractivity contribution in [2.24, 2.45) is 11.8 Å². The summed E-state index contributed by atoms with van der Waals surface area (Å²) in [5.74, 6) is 1.03. The summed E-state index contributed by atoms with van der Waals surface area (Å²) in [6, 6.07) is 0. The number of amides is 1. The van der Waals surface area contributed by atoms with Crippen LogP contribution in [0.4, 0.5) is 0 Å². The summed E-state index contributed by atoms with van der Waals surface area (Å²) in [4.78, 5) is 11.7. The largest absolute Gasteiger partial charge is 0.355 e. The molecular formula is C13H27ClN2O3S. The Morgan fingerprint density at radius 2 is 2.15 bits per heavy atom. The number of carbonyl (C=O) groups is 1. The minimum absolute atomic E-state index is 0. The molecule has 0 aromatic carbocycles. The molecule has 0 aliphatic carbocycles. The Hall–Kier alpha value is -0.330. The van der Waals surface area contributed by atoms with E-state index in [2.05, 4.69) is 17.6 Å². The lowest BCUT2D eigenvalue weighted by Crippen LogP contribution is -2.36. The fraction of sp³-hybridized carbons (Fsp3) is 0.923. The van der Waals surface area contributed by atoms with Crippen LogP contribution in [0.15, 0.2) is 0 Å². The molecule has 1 aliphatic heterocycles. The van der Waals surface area contributed by atoms with Crippen LogP contribution in [-0.4, -0.2) is 45.5 Å². The summed E-state index contributed by atoms with van der Waals surface area (Å²) in [6.07, 6.45) is 2.83. The fourth-order valence-electron chi connectivity index (χ4n) is 2.39. The van der Waals surface area contributed by atoms with Crippen molar-refractivity contribution in [3.8, 4) is 0 Å². The molecule has 1 amide bonds. The number of halogens is 1. The SMILES string of the molecule is CCS(=O)(=O)CCNC(=O)CC(C)C1CCCNC1.Cl. The van der Waals surface area contributed by atoms with Gasteiger partial charge >= 0.3 is 0 Å². The van der Waals surface area contributed by atoms with Crippen molar-refractivity contribution in [3.05, 3.63) is 0 Å². The minimum atomic E-state index is -2.99. The van der Waals surface area contributed by atoms with Crippen LogP contribution < -0.4 is 10.6 Å². The zero-order chi connectivity index (χ0) is 14.3. The first-order chi connectivity index (χ1) is 8.94. The third kappa shape index (κ3) is 7.45. The Bertz CT molecular complexity index is 381. The lowest BCUT2D eigenvalue weighted by molar-refractivity contribution is -0.122. The molecule has 1 saturated heterocycles. The van der Waals surface area contributed by atoms with Gasteiger partial charge < -0.3 is 10.6 Å². The molecule has 0 radical (unpaired) electrons. The van der Waals surface area contributed by atoms with Crippen molar-refractivity contribution in [1.82, 2.24) is 10.6 Å². The third-order valence-corrected chi connectivity index (χ3v) is 5.53. The average molecular weight is 327 g/mol. The maximum absolute atomic E-state index is 11.7. The van der Waals surface area contributed by atoms with E-state index in [0.29, 0.717) is 18.3 Å². The molecule has 0 bridgehead atoms. The Morgan fingerprint density at radius 3 is 2.70 bits per heavy atom. The summed E-state index contributed by atoms with van der Waals surface area (Å²) in [5.41, 5.74) is 0. The van der Waals surface area contributed by atoms with Gasteiger partial charge in [-0.25, -0.2) is 8.42 Å². The number of piperidine rings is 1. The number of hydrogen-bond donors (Lipinski definition) is 2. The molecule has 20 heavy (non-hydrogen) atoms. The zero-order valence-corrected chi connectivity index (χ0v) is 14.0. The number of rotatable bonds is 7. The van der Waals surface area contributed by atoms with Gasteiger partial charge in [0.25, 0.3) is 0 Å². The summed E-state index contributed by atoms with van der Waals surface area (Å²) in [5, 5.41) is 6.05. The normalized spacial score (nSPS) is 20.8. The maximum atomic E-state index is 11.7. The highest BCUT2D eigenvalue weighted by atomic mass is 35.5. The molecule has 1 aliphatic rings. The van der Waals surface area contributed by atoms with Gasteiger partial charge in [0, 0.05) is 18.7 Å². The Kier molecular flexibility index (Phi) is 9.42. The Balaban J connectivity index is 0.00000361. The highest BCUT2D eigenvalue weighted by Gasteiger charge is 2.21. The van der Waals surface area contributed by atoms with Gasteiger partial charge in [-0.3, -0.25) is 4.79 Å². The second kappa shape index (κ2) is 9.58. The number of carbonyl (C=O) groups excluding carboxylic acids is 1. The van der Waals surface area contributed by atoms with E-state index >= 15 is 0 Å². The molecule has 1 rings (SSSR count). The molecule has 1 heterocycles. The predicted molar refractivity (Wildman–Crippen MR) is 84.0 cm³/mol. The number of sulfone groups is 1. The fourth-order valence-corrected chi connectivity index (χ4v) is 3.09. The first-order valence-electron chi connectivity index (χ1n) is 7.12. The van der Waals surface area contributed by atoms with E-state index in [1.165, 1.54) is 12.8 Å². The molecule has 2 N–H and O–H groups in total. The minimum Gasteiger partial charge on any atom is -0.355 e. The predicted octanol–water partition coefficient (Wildman–Crippen LogP) is 0.985. The molecule has 120 valence electrons. The molecule has 0 spiro atoms. The van der Waals surface area contributed by atoms with Crippen LogP contribution in [0.5, 0.6) is 0 Å². The highest BCUT2D eigenvalue weighted by Crippen LogP contribution is 2.22. The molecule has 1 fully saturated rings. The van der Waals surface area contributed by atoms with E-state index in [1.807, 2.05) is 0 Å². The molecule has 0 aromatic heterocycles. The van der Waals surface area contributed by atoms with Crippen molar-refractivity contribution in [3.63, 3.8) is 0 Å². The van der Waals surface area contributed by atoms with E-state index < -0.39 is 9.84 Å². The molecule has 0 aromatic rings. The van der Waals surface area contributed by atoms with Crippen molar-refractivity contribution < 1.29 is 13.2 Å². The smallest absolute Gasteiger partial charge is 0.220 e. The molecule has 0 saturated carbocycles. The van der Waals surface area contributed by atoms with Crippen LogP contribution in [0.25, 0.3) is 0 Å². The van der Waals surface area contributed by atoms with Gasteiger partial charge in [0.15, 0.2) is 9.84 Å². The number of nitrogens with one attached hydrogen (secondary N) is 2. The zero-order valence-electron chi connectivity index (χ0n) is 12.4. The molecule has 2 unspecified atom stereocenters. The van der Waals surface area contributed by atoms with Crippen LogP contribution in [0.2, 0.25) is 0 Å². The van der Waals surface area contributed by atoms with Crippen LogP contribution in [0, 0.1) is 11.8 Å². The van der Waals surface area contributed by atoms with Gasteiger partial charge in [-0.05, 0) is 37.8 Å². The van der Waals surface area contributed by atoms with E-state index in [-0.39, 0.29) is 36.4 Å². The van der Waals surface area contributed by atoms with Crippen molar-refractivity contribution in [1.29, 1.82) is 0 Å². The third-order valence-electron chi connectivity index (χ3n) is 3.82. The number of hydrogen-bond acceptors (Lipinski definition) is 4. The summed E-state index contributed by atoms with van der Waals surface area (Å²) in [7, 11) is -2.99. The van der Waals surface area contributed by atoms with Gasteiger partial charge in [-0.2, -0.15) is 0 Å². The highest BCUT2D eigenvalue weighted by molar-refractivity contribution is 7.91. The van der Waals surface area contributed by atoms with Crippen LogP contribution in [-0.2, 0) is 14.6 Å². The average Bonchev–Trinajstić information content (AvgIpc) is 2.39. The molecule has 7 heteroatoms. The summed E-state index contributed by atoms with van der Waals surface area (Å²) in [6.45, 7) is 6.00. The molecule has 2 atom stereocenters. The van der Waals surface area contributed by atoms with E-state index in [1.54, 1.807) is 6.92 Å². The van der Waals surface area contributed by atoms with Crippen LogP contribution in [0.3, 0.4) is 0 Å². The van der Waals surface area contributed by atoms with Crippen molar-refractivity contribution in [2.45, 2.75) is 33.1 Å². The topological polar surface area (TPSA) is 75.3 Å². The first kappa shape index (κ1) is 19.7. The van der Waals surface area contributed by atoms with E-state index in [0.717, 1.165) is 13.1 Å². The second-order valence-corrected chi connectivity index (χ2v) is 7.85. The van der Waals surface area contributed by atoms with Crippen molar-refractivity contribution in [2.75, 3.05) is 31.1 Å². The van der Waals surface area contributed by atoms with Gasteiger partial charge in [0.2, 0.25) is 5.91 Å². The summed E-state index contributed by atoms with van der Waals surface area (Å²) >= 11 is 0. The van der Waals surface area contributed by atoms with Gasteiger partial charge in [0.05, 0.1) is 5.75 Å². The maximum Gasteiger partial charge on any atom is 0.220 e. The quantitative estimate of drug-likeness (QED) is 0.731. The standard InChI is InChI=1S/C13H26N2O3S.ClH/c1-3-19(17,18)8-7-15-13(16)9-11(2)12-5-4-6-14-10-12;/h11-12,14H,3-10H2,1-2H3,(H,15,16);1H. The lowest BCUT2D eigenvalue weighted by atomic mass is 9.85. The molecular weight excluding hydrogens is 300 g/mol.